The van der Waals surface area contributed by atoms with Gasteiger partial charge in [-0.25, -0.2) is 4.90 Å². The van der Waals surface area contributed by atoms with E-state index in [1.807, 2.05) is 0 Å². The largest absolute Gasteiger partial charge is 0.373 e. The molecule has 0 spiro atoms. The predicted octanol–water partition coefficient (Wildman–Crippen LogP) is 1.26. The van der Waals surface area contributed by atoms with Gasteiger partial charge >= 0.3 is 0 Å². The monoisotopic (exact) mass is 219 g/mol. The van der Waals surface area contributed by atoms with Crippen molar-refractivity contribution >= 4 is 11.8 Å². The van der Waals surface area contributed by atoms with Gasteiger partial charge in [-0.3, -0.25) is 9.59 Å². The third kappa shape index (κ3) is 1.42. The van der Waals surface area contributed by atoms with Crippen LogP contribution in [0.1, 0.15) is 34.6 Å². The highest BCUT2D eigenvalue weighted by molar-refractivity contribution is 6.21. The van der Waals surface area contributed by atoms with Crippen LogP contribution in [0.3, 0.4) is 0 Å². The van der Waals surface area contributed by atoms with E-state index in [0.29, 0.717) is 11.1 Å². The van der Waals surface area contributed by atoms with Gasteiger partial charge in [0.1, 0.15) is 6.23 Å². The lowest BCUT2D eigenvalue weighted by Gasteiger charge is -2.23. The van der Waals surface area contributed by atoms with E-state index in [-0.39, 0.29) is 5.92 Å². The molecule has 0 aromatic heterocycles. The second-order valence-electron chi connectivity index (χ2n) is 4.18. The number of hydrogen-bond acceptors (Lipinski definition) is 3. The summed E-state index contributed by atoms with van der Waals surface area (Å²) < 4.78 is 0. The Morgan fingerprint density at radius 2 is 1.50 bits per heavy atom. The SMILES string of the molecule is CC(C)C(O)N1C(=O)c2ccccc2C1=O. The zero-order valence-electron chi connectivity index (χ0n) is 9.18. The first-order chi connectivity index (χ1) is 7.54. The van der Waals surface area contributed by atoms with Gasteiger partial charge in [0.15, 0.2) is 0 Å². The fraction of sp³-hybridized carbons (Fsp3) is 0.333. The molecule has 16 heavy (non-hydrogen) atoms. The quantitative estimate of drug-likeness (QED) is 0.762. The fourth-order valence-electron chi connectivity index (χ4n) is 1.75. The highest BCUT2D eigenvalue weighted by Gasteiger charge is 2.39. The van der Waals surface area contributed by atoms with E-state index < -0.39 is 18.0 Å². The van der Waals surface area contributed by atoms with Crippen molar-refractivity contribution in [2.75, 3.05) is 0 Å². The third-order valence-electron chi connectivity index (χ3n) is 2.69. The molecule has 1 N–H and O–H groups in total. The topological polar surface area (TPSA) is 57.6 Å². The molecule has 4 nitrogen and oxygen atoms in total. The van der Waals surface area contributed by atoms with Crippen molar-refractivity contribution in [3.05, 3.63) is 35.4 Å². The Balaban J connectivity index is 2.43. The molecule has 0 bridgehead atoms. The number of nitrogens with zero attached hydrogens (tertiary/aromatic N) is 1. The van der Waals surface area contributed by atoms with Gasteiger partial charge in [0.2, 0.25) is 0 Å². The van der Waals surface area contributed by atoms with Gasteiger partial charge < -0.3 is 5.11 Å². The van der Waals surface area contributed by atoms with Gasteiger partial charge in [0, 0.05) is 0 Å². The van der Waals surface area contributed by atoms with Gasteiger partial charge in [-0.15, -0.1) is 0 Å². The molecule has 0 fully saturated rings. The van der Waals surface area contributed by atoms with Crippen LogP contribution in [-0.4, -0.2) is 28.0 Å². The number of aliphatic hydroxyl groups excluding tert-OH is 1. The van der Waals surface area contributed by atoms with Gasteiger partial charge in [-0.2, -0.15) is 0 Å². The molecule has 0 saturated heterocycles. The normalized spacial score (nSPS) is 16.9. The van der Waals surface area contributed by atoms with Crippen LogP contribution < -0.4 is 0 Å². The molecule has 1 unspecified atom stereocenters. The lowest BCUT2D eigenvalue weighted by molar-refractivity contribution is -0.00643. The lowest BCUT2D eigenvalue weighted by atomic mass is 10.1. The van der Waals surface area contributed by atoms with E-state index in [9.17, 15) is 14.7 Å². The van der Waals surface area contributed by atoms with Crippen LogP contribution in [0.25, 0.3) is 0 Å². The molecule has 0 aliphatic carbocycles. The summed E-state index contributed by atoms with van der Waals surface area (Å²) in [6.45, 7) is 3.52. The highest BCUT2D eigenvalue weighted by Crippen LogP contribution is 2.25. The average Bonchev–Trinajstić information content (AvgIpc) is 2.52. The molecule has 1 atom stereocenters. The Kier molecular flexibility index (Phi) is 2.52. The van der Waals surface area contributed by atoms with Crippen molar-refractivity contribution in [1.82, 2.24) is 4.90 Å². The maximum Gasteiger partial charge on any atom is 0.263 e. The van der Waals surface area contributed by atoms with E-state index in [1.54, 1.807) is 38.1 Å². The molecule has 84 valence electrons. The van der Waals surface area contributed by atoms with Crippen LogP contribution >= 0.6 is 0 Å². The summed E-state index contributed by atoms with van der Waals surface area (Å²) in [5.74, 6) is -1.01. The summed E-state index contributed by atoms with van der Waals surface area (Å²) >= 11 is 0. The molecule has 0 saturated carbocycles. The molecule has 2 amide bonds. The molecule has 1 aliphatic rings. The molecular weight excluding hydrogens is 206 g/mol. The van der Waals surface area contributed by atoms with Gasteiger partial charge in [-0.05, 0) is 18.1 Å². The van der Waals surface area contributed by atoms with E-state index >= 15 is 0 Å². The minimum absolute atomic E-state index is 0.179. The Morgan fingerprint density at radius 3 is 1.88 bits per heavy atom. The Morgan fingerprint density at radius 1 is 1.06 bits per heavy atom. The van der Waals surface area contributed by atoms with Crippen LogP contribution in [0.4, 0.5) is 0 Å². The zero-order valence-corrected chi connectivity index (χ0v) is 9.18. The number of benzene rings is 1. The number of fused-ring (bicyclic) bond motifs is 1. The van der Waals surface area contributed by atoms with Crippen molar-refractivity contribution in [3.63, 3.8) is 0 Å². The molecule has 1 aromatic carbocycles. The van der Waals surface area contributed by atoms with Crippen LogP contribution in [-0.2, 0) is 0 Å². The first-order valence-electron chi connectivity index (χ1n) is 5.19. The number of amides is 2. The number of aliphatic hydroxyl groups is 1. The zero-order chi connectivity index (χ0) is 11.9. The van der Waals surface area contributed by atoms with Crippen molar-refractivity contribution in [2.45, 2.75) is 20.1 Å². The van der Waals surface area contributed by atoms with Crippen LogP contribution in [0, 0.1) is 5.92 Å². The van der Waals surface area contributed by atoms with E-state index in [1.165, 1.54) is 0 Å². The molecular formula is C12H13NO3. The number of rotatable bonds is 2. The van der Waals surface area contributed by atoms with E-state index in [0.717, 1.165) is 4.90 Å². The van der Waals surface area contributed by atoms with Crippen LogP contribution in [0.5, 0.6) is 0 Å². The van der Waals surface area contributed by atoms with Crippen molar-refractivity contribution in [3.8, 4) is 0 Å². The number of carbonyl (C=O) groups excluding carboxylic acids is 2. The first kappa shape index (κ1) is 10.8. The predicted molar refractivity (Wildman–Crippen MR) is 57.8 cm³/mol. The van der Waals surface area contributed by atoms with Crippen LogP contribution in [0.15, 0.2) is 24.3 Å². The minimum atomic E-state index is -1.06. The van der Waals surface area contributed by atoms with E-state index in [4.69, 9.17) is 0 Å². The van der Waals surface area contributed by atoms with Gasteiger partial charge in [-0.1, -0.05) is 26.0 Å². The Labute approximate surface area is 93.5 Å². The maximum absolute atomic E-state index is 11.9. The van der Waals surface area contributed by atoms with Crippen molar-refractivity contribution < 1.29 is 14.7 Å². The fourth-order valence-corrected chi connectivity index (χ4v) is 1.75. The van der Waals surface area contributed by atoms with E-state index in [2.05, 4.69) is 0 Å². The number of carbonyl (C=O) groups is 2. The summed E-state index contributed by atoms with van der Waals surface area (Å²) in [5, 5.41) is 9.82. The summed E-state index contributed by atoms with van der Waals surface area (Å²) in [5.41, 5.74) is 0.736. The molecule has 1 heterocycles. The molecule has 1 aliphatic heterocycles. The summed E-state index contributed by atoms with van der Waals surface area (Å²) in [6.07, 6.45) is -1.06. The third-order valence-corrected chi connectivity index (χ3v) is 2.69. The minimum Gasteiger partial charge on any atom is -0.373 e. The summed E-state index contributed by atoms with van der Waals surface area (Å²) in [4.78, 5) is 24.7. The molecule has 2 rings (SSSR count). The smallest absolute Gasteiger partial charge is 0.263 e. The standard InChI is InChI=1S/C12H13NO3/c1-7(2)10(14)13-11(15)8-5-3-4-6-9(8)12(13)16/h3-7,10,14H,1-2H3. The Bertz CT molecular complexity index is 418. The molecule has 4 heteroatoms. The number of imide groups is 1. The second-order valence-corrected chi connectivity index (χ2v) is 4.18. The summed E-state index contributed by atoms with van der Waals surface area (Å²) in [7, 11) is 0. The highest BCUT2D eigenvalue weighted by atomic mass is 16.3. The van der Waals surface area contributed by atoms with Gasteiger partial charge in [0.25, 0.3) is 11.8 Å². The second kappa shape index (κ2) is 3.72. The summed E-state index contributed by atoms with van der Waals surface area (Å²) in [6, 6.07) is 6.61. The maximum atomic E-state index is 11.9. The Hall–Kier alpha value is -1.68. The van der Waals surface area contributed by atoms with Gasteiger partial charge in [0.05, 0.1) is 11.1 Å². The van der Waals surface area contributed by atoms with Crippen LogP contribution in [0.2, 0.25) is 0 Å². The van der Waals surface area contributed by atoms with Crippen molar-refractivity contribution in [2.24, 2.45) is 5.92 Å². The lowest BCUT2D eigenvalue weighted by Crippen LogP contribution is -2.42. The first-order valence-corrected chi connectivity index (χ1v) is 5.19. The van der Waals surface area contributed by atoms with Crippen molar-refractivity contribution in [1.29, 1.82) is 0 Å². The molecule has 0 radical (unpaired) electrons. The number of hydrogen-bond donors (Lipinski definition) is 1. The average molecular weight is 219 g/mol. The molecule has 1 aromatic rings.